The lowest BCUT2D eigenvalue weighted by molar-refractivity contribution is 0.312. The van der Waals surface area contributed by atoms with Crippen molar-refractivity contribution in [2.45, 2.75) is 0 Å². The van der Waals surface area contributed by atoms with E-state index in [1.165, 1.54) is 13.2 Å². The molecule has 0 fully saturated rings. The van der Waals surface area contributed by atoms with Crippen molar-refractivity contribution in [2.75, 3.05) is 14.2 Å². The van der Waals surface area contributed by atoms with Crippen molar-refractivity contribution in [3.05, 3.63) is 18.2 Å². The molecule has 0 spiro atoms. The second kappa shape index (κ2) is 3.14. The van der Waals surface area contributed by atoms with E-state index >= 15 is 0 Å². The minimum atomic E-state index is -0.131. The monoisotopic (exact) mass is 153 g/mol. The number of rotatable bonds is 2. The lowest BCUT2D eigenvalue weighted by Crippen LogP contribution is -1.85. The van der Waals surface area contributed by atoms with Gasteiger partial charge in [-0.25, -0.2) is 0 Å². The molecule has 1 rings (SSSR count). The van der Waals surface area contributed by atoms with Crippen LogP contribution in [0.1, 0.15) is 0 Å². The Labute approximate surface area is 65.2 Å². The first-order valence-electron chi connectivity index (χ1n) is 3.17. The van der Waals surface area contributed by atoms with Gasteiger partial charge < -0.3 is 9.47 Å². The molecule has 0 aliphatic heterocycles. The summed E-state index contributed by atoms with van der Waals surface area (Å²) in [6.07, 6.45) is 0. The number of hydrogen-bond donors (Lipinski definition) is 0. The second-order valence-corrected chi connectivity index (χ2v) is 2.02. The van der Waals surface area contributed by atoms with Gasteiger partial charge in [0.25, 0.3) is 0 Å². The Morgan fingerprint density at radius 2 is 1.91 bits per heavy atom. The second-order valence-electron chi connectivity index (χ2n) is 2.02. The van der Waals surface area contributed by atoms with E-state index in [2.05, 4.69) is 0 Å². The first-order chi connectivity index (χ1) is 5.27. The van der Waals surface area contributed by atoms with Gasteiger partial charge in [0.05, 0.1) is 14.2 Å². The van der Waals surface area contributed by atoms with Crippen molar-refractivity contribution in [3.63, 3.8) is 0 Å². The Hall–Kier alpha value is -1.38. The Morgan fingerprint density at radius 1 is 1.18 bits per heavy atom. The normalized spacial score (nSPS) is 9.27. The highest BCUT2D eigenvalue weighted by molar-refractivity contribution is 5.44. The van der Waals surface area contributed by atoms with E-state index in [4.69, 9.17) is 9.47 Å². The largest absolute Gasteiger partial charge is 0.497 e. The van der Waals surface area contributed by atoms with E-state index in [0.29, 0.717) is 11.5 Å². The van der Waals surface area contributed by atoms with E-state index in [9.17, 15) is 5.11 Å². The molecular formula is C8H9O3. The molecule has 0 amide bonds. The highest BCUT2D eigenvalue weighted by atomic mass is 16.5. The Kier molecular flexibility index (Phi) is 2.21. The molecule has 1 aromatic carbocycles. The predicted octanol–water partition coefficient (Wildman–Crippen LogP) is 1.85. The van der Waals surface area contributed by atoms with E-state index in [1.54, 1.807) is 19.2 Å². The summed E-state index contributed by atoms with van der Waals surface area (Å²) in [4.78, 5) is 0. The maximum atomic E-state index is 10.9. The lowest BCUT2D eigenvalue weighted by atomic mass is 10.3. The highest BCUT2D eigenvalue weighted by Crippen LogP contribution is 2.29. The average molecular weight is 153 g/mol. The van der Waals surface area contributed by atoms with Crippen LogP contribution < -0.4 is 9.47 Å². The van der Waals surface area contributed by atoms with Crippen LogP contribution in [0.4, 0.5) is 0 Å². The van der Waals surface area contributed by atoms with Crippen molar-refractivity contribution >= 4 is 0 Å². The van der Waals surface area contributed by atoms with Gasteiger partial charge in [-0.2, -0.15) is 0 Å². The van der Waals surface area contributed by atoms with Gasteiger partial charge >= 0.3 is 0 Å². The van der Waals surface area contributed by atoms with Crippen molar-refractivity contribution in [2.24, 2.45) is 0 Å². The zero-order chi connectivity index (χ0) is 8.27. The first-order valence-corrected chi connectivity index (χ1v) is 3.17. The third kappa shape index (κ3) is 1.55. The summed E-state index contributed by atoms with van der Waals surface area (Å²) < 4.78 is 9.69. The standard InChI is InChI=1S/C8H9O3/c1-10-6-3-4-7(9)8(5-6)11-2/h3-5H,1-2H3. The fourth-order valence-corrected chi connectivity index (χ4v) is 0.775. The first kappa shape index (κ1) is 7.72. The summed E-state index contributed by atoms with van der Waals surface area (Å²) in [7, 11) is 3.00. The molecule has 1 aromatic rings. The van der Waals surface area contributed by atoms with Gasteiger partial charge in [-0.1, -0.05) is 0 Å². The molecular weight excluding hydrogens is 144 g/mol. The molecule has 0 saturated heterocycles. The van der Waals surface area contributed by atoms with Gasteiger partial charge in [0.2, 0.25) is 5.75 Å². The summed E-state index contributed by atoms with van der Waals surface area (Å²) in [5.74, 6) is 0.805. The lowest BCUT2D eigenvalue weighted by Gasteiger charge is -2.02. The summed E-state index contributed by atoms with van der Waals surface area (Å²) in [5, 5.41) is 10.9. The number of benzene rings is 1. The van der Waals surface area contributed by atoms with Crippen molar-refractivity contribution < 1.29 is 14.6 Å². The maximum Gasteiger partial charge on any atom is 0.220 e. The van der Waals surface area contributed by atoms with Crippen LogP contribution in [0, 0.1) is 0 Å². The number of ether oxygens (including phenoxy) is 2. The van der Waals surface area contributed by atoms with Gasteiger partial charge in [-0.3, -0.25) is 5.11 Å². The minimum Gasteiger partial charge on any atom is -0.497 e. The average Bonchev–Trinajstić information content (AvgIpc) is 2.05. The van der Waals surface area contributed by atoms with Crippen molar-refractivity contribution in [1.82, 2.24) is 0 Å². The van der Waals surface area contributed by atoms with Gasteiger partial charge in [-0.15, -0.1) is 0 Å². The van der Waals surface area contributed by atoms with Crippen LogP contribution in [0.25, 0.3) is 0 Å². The van der Waals surface area contributed by atoms with Gasteiger partial charge in [0.15, 0.2) is 5.75 Å². The third-order valence-electron chi connectivity index (χ3n) is 1.37. The summed E-state index contributed by atoms with van der Waals surface area (Å²) in [5.41, 5.74) is 0. The molecule has 0 aliphatic rings. The molecule has 0 atom stereocenters. The Morgan fingerprint density at radius 3 is 2.45 bits per heavy atom. The predicted molar refractivity (Wildman–Crippen MR) is 39.7 cm³/mol. The van der Waals surface area contributed by atoms with E-state index < -0.39 is 0 Å². The van der Waals surface area contributed by atoms with E-state index in [1.807, 2.05) is 0 Å². The molecule has 0 unspecified atom stereocenters. The zero-order valence-corrected chi connectivity index (χ0v) is 6.46. The highest BCUT2D eigenvalue weighted by Gasteiger charge is 2.03. The molecule has 3 nitrogen and oxygen atoms in total. The van der Waals surface area contributed by atoms with Crippen LogP contribution in [0.2, 0.25) is 0 Å². The Balaban J connectivity index is 3.02. The number of hydrogen-bond acceptors (Lipinski definition) is 2. The molecule has 0 bridgehead atoms. The van der Waals surface area contributed by atoms with E-state index in [-0.39, 0.29) is 5.75 Å². The van der Waals surface area contributed by atoms with Gasteiger partial charge in [0, 0.05) is 6.07 Å². The van der Waals surface area contributed by atoms with Crippen LogP contribution >= 0.6 is 0 Å². The summed E-state index contributed by atoms with van der Waals surface area (Å²) >= 11 is 0. The molecule has 0 aromatic heterocycles. The van der Waals surface area contributed by atoms with Crippen LogP contribution in [-0.4, -0.2) is 14.2 Å². The van der Waals surface area contributed by atoms with Crippen LogP contribution in [0.3, 0.4) is 0 Å². The topological polar surface area (TPSA) is 38.4 Å². The zero-order valence-electron chi connectivity index (χ0n) is 6.46. The Bertz CT molecular complexity index is 245. The van der Waals surface area contributed by atoms with Crippen LogP contribution in [0.5, 0.6) is 17.2 Å². The van der Waals surface area contributed by atoms with Gasteiger partial charge in [0.1, 0.15) is 5.75 Å². The third-order valence-corrected chi connectivity index (χ3v) is 1.37. The van der Waals surface area contributed by atoms with Crippen LogP contribution in [-0.2, 0) is 5.11 Å². The molecule has 3 heteroatoms. The van der Waals surface area contributed by atoms with E-state index in [0.717, 1.165) is 0 Å². The fourth-order valence-electron chi connectivity index (χ4n) is 0.775. The fraction of sp³-hybridized carbons (Fsp3) is 0.250. The quantitative estimate of drug-likeness (QED) is 0.650. The smallest absolute Gasteiger partial charge is 0.220 e. The SMILES string of the molecule is COc1ccc([O])c(OC)c1. The molecule has 59 valence electrons. The summed E-state index contributed by atoms with van der Waals surface area (Å²) in [6.45, 7) is 0. The molecule has 0 aliphatic carbocycles. The molecule has 0 heterocycles. The van der Waals surface area contributed by atoms with Crippen molar-refractivity contribution in [1.29, 1.82) is 0 Å². The molecule has 0 N–H and O–H groups in total. The van der Waals surface area contributed by atoms with Crippen LogP contribution in [0.15, 0.2) is 18.2 Å². The van der Waals surface area contributed by atoms with Gasteiger partial charge in [-0.05, 0) is 12.1 Å². The maximum absolute atomic E-state index is 10.9. The molecule has 11 heavy (non-hydrogen) atoms. The number of methoxy groups -OCH3 is 2. The minimum absolute atomic E-state index is 0.131. The summed E-state index contributed by atoms with van der Waals surface area (Å²) in [6, 6.07) is 4.57. The molecule has 0 saturated carbocycles. The van der Waals surface area contributed by atoms with Crippen molar-refractivity contribution in [3.8, 4) is 17.2 Å². The molecule has 1 radical (unpaired) electrons.